The molecule has 0 atom stereocenters. The normalized spacial score (nSPS) is 11.6. The van der Waals surface area contributed by atoms with Gasteiger partial charge < -0.3 is 9.73 Å². The average Bonchev–Trinajstić information content (AvgIpc) is 2.32. The van der Waals surface area contributed by atoms with Crippen LogP contribution in [0, 0.1) is 0 Å². The van der Waals surface area contributed by atoms with E-state index >= 15 is 0 Å². The zero-order chi connectivity index (χ0) is 8.48. The Bertz CT molecular complexity index is 232. The highest BCUT2D eigenvalue weighted by Crippen LogP contribution is 2.25. The summed E-state index contributed by atoms with van der Waals surface area (Å²) in [5.74, 6) is 1.84. The quantitative estimate of drug-likeness (QED) is 0.671. The topological polar surface area (TPSA) is 25.2 Å². The predicted molar refractivity (Wildman–Crippen MR) is 47.0 cm³/mol. The van der Waals surface area contributed by atoms with Crippen LogP contribution in [0.2, 0.25) is 0 Å². The van der Waals surface area contributed by atoms with Crippen LogP contribution in [0.5, 0.6) is 0 Å². The Balaban J connectivity index is 2.89. The molecule has 2 heteroatoms. The molecule has 0 bridgehead atoms. The summed E-state index contributed by atoms with van der Waals surface area (Å²) >= 11 is 0. The van der Waals surface area contributed by atoms with Gasteiger partial charge in [0, 0.05) is 18.5 Å². The molecule has 0 radical (unpaired) electrons. The maximum Gasteiger partial charge on any atom is 0.192 e. The first-order valence-corrected chi connectivity index (χ1v) is 3.82. The summed E-state index contributed by atoms with van der Waals surface area (Å²) in [5.41, 5.74) is 0.106. The van der Waals surface area contributed by atoms with Crippen molar-refractivity contribution in [3.63, 3.8) is 0 Å². The second-order valence-corrected chi connectivity index (χ2v) is 3.66. The van der Waals surface area contributed by atoms with Gasteiger partial charge in [-0.1, -0.05) is 20.8 Å². The minimum absolute atomic E-state index is 0.106. The van der Waals surface area contributed by atoms with E-state index < -0.39 is 0 Å². The fourth-order valence-electron chi connectivity index (χ4n) is 0.875. The van der Waals surface area contributed by atoms with Crippen LogP contribution >= 0.6 is 0 Å². The van der Waals surface area contributed by atoms with Gasteiger partial charge in [-0.15, -0.1) is 0 Å². The number of nitrogens with one attached hydrogen (secondary N) is 1. The molecule has 0 aliphatic rings. The molecule has 0 aromatic carbocycles. The van der Waals surface area contributed by atoms with Crippen LogP contribution in [0.3, 0.4) is 0 Å². The zero-order valence-electron chi connectivity index (χ0n) is 7.56. The monoisotopic (exact) mass is 153 g/mol. The van der Waals surface area contributed by atoms with Crippen LogP contribution in [-0.2, 0) is 5.41 Å². The van der Waals surface area contributed by atoms with Crippen LogP contribution in [0.15, 0.2) is 16.5 Å². The molecule has 1 aromatic heterocycles. The molecule has 1 N–H and O–H groups in total. The molecule has 1 aromatic rings. The van der Waals surface area contributed by atoms with Crippen molar-refractivity contribution in [2.75, 3.05) is 12.4 Å². The summed E-state index contributed by atoms with van der Waals surface area (Å²) in [4.78, 5) is 0. The first-order valence-electron chi connectivity index (χ1n) is 3.82. The Morgan fingerprint density at radius 1 is 1.27 bits per heavy atom. The highest BCUT2D eigenvalue weighted by molar-refractivity contribution is 5.32. The molecule has 0 aliphatic carbocycles. The molecule has 0 unspecified atom stereocenters. The van der Waals surface area contributed by atoms with Crippen molar-refractivity contribution in [1.29, 1.82) is 0 Å². The molecule has 62 valence electrons. The smallest absolute Gasteiger partial charge is 0.192 e. The van der Waals surface area contributed by atoms with Gasteiger partial charge in [-0.25, -0.2) is 0 Å². The van der Waals surface area contributed by atoms with Gasteiger partial charge in [0.15, 0.2) is 5.88 Å². The molecule has 2 nitrogen and oxygen atoms in total. The van der Waals surface area contributed by atoms with Crippen molar-refractivity contribution < 1.29 is 4.42 Å². The van der Waals surface area contributed by atoms with Crippen LogP contribution in [-0.4, -0.2) is 7.05 Å². The third kappa shape index (κ3) is 1.76. The minimum Gasteiger partial charge on any atom is -0.445 e. The fourth-order valence-corrected chi connectivity index (χ4v) is 0.875. The number of anilines is 1. The third-order valence-electron chi connectivity index (χ3n) is 1.59. The summed E-state index contributed by atoms with van der Waals surface area (Å²) in [7, 11) is 1.85. The average molecular weight is 153 g/mol. The molecule has 0 saturated heterocycles. The fraction of sp³-hybridized carbons (Fsp3) is 0.556. The van der Waals surface area contributed by atoms with Crippen LogP contribution in [0.4, 0.5) is 5.88 Å². The van der Waals surface area contributed by atoms with Crippen molar-refractivity contribution in [2.24, 2.45) is 0 Å². The van der Waals surface area contributed by atoms with E-state index in [2.05, 4.69) is 26.1 Å². The van der Waals surface area contributed by atoms with E-state index in [4.69, 9.17) is 4.42 Å². The molecule has 1 rings (SSSR count). The lowest BCUT2D eigenvalue weighted by atomic mass is 9.94. The molecule has 0 aliphatic heterocycles. The third-order valence-corrected chi connectivity index (χ3v) is 1.59. The first-order chi connectivity index (χ1) is 5.04. The summed E-state index contributed by atoms with van der Waals surface area (Å²) in [6.45, 7) is 6.39. The van der Waals surface area contributed by atoms with Gasteiger partial charge in [-0.3, -0.25) is 0 Å². The SMILES string of the molecule is CNc1ccc(C(C)(C)C)o1. The predicted octanol–water partition coefficient (Wildman–Crippen LogP) is 2.62. The van der Waals surface area contributed by atoms with Gasteiger partial charge in [0.25, 0.3) is 0 Å². The highest BCUT2D eigenvalue weighted by Gasteiger charge is 2.17. The van der Waals surface area contributed by atoms with Gasteiger partial charge in [0.2, 0.25) is 0 Å². The summed E-state index contributed by atoms with van der Waals surface area (Å²) in [5, 5.41) is 2.95. The lowest BCUT2D eigenvalue weighted by Gasteiger charge is -2.13. The van der Waals surface area contributed by atoms with E-state index in [1.54, 1.807) is 0 Å². The van der Waals surface area contributed by atoms with Gasteiger partial charge in [0.05, 0.1) is 0 Å². The van der Waals surface area contributed by atoms with Crippen LogP contribution in [0.25, 0.3) is 0 Å². The van der Waals surface area contributed by atoms with E-state index in [1.165, 1.54) is 0 Å². The Kier molecular flexibility index (Phi) is 1.94. The van der Waals surface area contributed by atoms with Crippen molar-refractivity contribution in [1.82, 2.24) is 0 Å². The van der Waals surface area contributed by atoms with Gasteiger partial charge >= 0.3 is 0 Å². The molecule has 0 amide bonds. The number of hydrogen-bond acceptors (Lipinski definition) is 2. The highest BCUT2D eigenvalue weighted by atomic mass is 16.4. The molecular formula is C9H15NO. The number of furan rings is 1. The van der Waals surface area contributed by atoms with Crippen molar-refractivity contribution >= 4 is 5.88 Å². The lowest BCUT2D eigenvalue weighted by Crippen LogP contribution is -2.09. The number of hydrogen-bond donors (Lipinski definition) is 1. The van der Waals surface area contributed by atoms with Crippen molar-refractivity contribution in [3.05, 3.63) is 17.9 Å². The van der Waals surface area contributed by atoms with Gasteiger partial charge in [-0.05, 0) is 6.07 Å². The largest absolute Gasteiger partial charge is 0.445 e. The van der Waals surface area contributed by atoms with E-state index in [0.717, 1.165) is 11.6 Å². The van der Waals surface area contributed by atoms with E-state index in [9.17, 15) is 0 Å². The maximum absolute atomic E-state index is 5.49. The van der Waals surface area contributed by atoms with Crippen LogP contribution < -0.4 is 5.32 Å². The van der Waals surface area contributed by atoms with E-state index in [-0.39, 0.29) is 5.41 Å². The van der Waals surface area contributed by atoms with Crippen molar-refractivity contribution in [2.45, 2.75) is 26.2 Å². The summed E-state index contributed by atoms with van der Waals surface area (Å²) in [6, 6.07) is 3.95. The van der Waals surface area contributed by atoms with Crippen molar-refractivity contribution in [3.8, 4) is 0 Å². The van der Waals surface area contributed by atoms with E-state index in [1.807, 2.05) is 19.2 Å². The molecule has 1 heterocycles. The van der Waals surface area contributed by atoms with Crippen LogP contribution in [0.1, 0.15) is 26.5 Å². The van der Waals surface area contributed by atoms with E-state index in [0.29, 0.717) is 0 Å². The second kappa shape index (κ2) is 2.61. The minimum atomic E-state index is 0.106. The Morgan fingerprint density at radius 3 is 2.18 bits per heavy atom. The summed E-state index contributed by atoms with van der Waals surface area (Å²) in [6.07, 6.45) is 0. The Labute approximate surface area is 67.6 Å². The number of rotatable bonds is 1. The first kappa shape index (κ1) is 8.18. The Hall–Kier alpha value is -0.920. The molecule has 11 heavy (non-hydrogen) atoms. The maximum atomic E-state index is 5.49. The van der Waals surface area contributed by atoms with Gasteiger partial charge in [-0.2, -0.15) is 0 Å². The van der Waals surface area contributed by atoms with Gasteiger partial charge in [0.1, 0.15) is 5.76 Å². The standard InChI is InChI=1S/C9H15NO/c1-9(2,3)7-5-6-8(10-4)11-7/h5-6,10H,1-4H3. The molecule has 0 fully saturated rings. The second-order valence-electron chi connectivity index (χ2n) is 3.66. The molecular weight excluding hydrogens is 138 g/mol. The zero-order valence-corrected chi connectivity index (χ0v) is 7.56. The summed E-state index contributed by atoms with van der Waals surface area (Å²) < 4.78 is 5.49. The molecule has 0 saturated carbocycles. The Morgan fingerprint density at radius 2 is 1.91 bits per heavy atom. The lowest BCUT2D eigenvalue weighted by molar-refractivity contribution is 0.418. The molecule has 0 spiro atoms.